The minimum Gasteiger partial charge on any atom is -0.444 e. The summed E-state index contributed by atoms with van der Waals surface area (Å²) in [7, 11) is 0. The molecule has 2 N–H and O–H groups in total. The molecule has 1 rings (SSSR count). The summed E-state index contributed by atoms with van der Waals surface area (Å²) in [4.78, 5) is 11.4. The topological polar surface area (TPSA) is 59.6 Å². The Hall–Kier alpha value is -0.880. The number of hydrogen-bond acceptors (Lipinski definition) is 4. The highest BCUT2D eigenvalue weighted by atomic mass is 32.1. The maximum absolute atomic E-state index is 11.4. The van der Waals surface area contributed by atoms with Crippen LogP contribution >= 0.6 is 12.2 Å². The van der Waals surface area contributed by atoms with Gasteiger partial charge in [0.05, 0.1) is 12.6 Å². The largest absolute Gasteiger partial charge is 0.444 e. The van der Waals surface area contributed by atoms with Crippen molar-refractivity contribution in [1.29, 1.82) is 0 Å². The molecular weight excluding hydrogens is 228 g/mol. The van der Waals surface area contributed by atoms with Crippen molar-refractivity contribution in [1.82, 2.24) is 10.6 Å². The Balaban J connectivity index is 2.25. The number of alkyl carbamates (subject to hydrolysis) is 1. The van der Waals surface area contributed by atoms with E-state index in [4.69, 9.17) is 21.7 Å². The Morgan fingerprint density at radius 2 is 2.19 bits per heavy atom. The van der Waals surface area contributed by atoms with E-state index in [-0.39, 0.29) is 11.2 Å². The van der Waals surface area contributed by atoms with E-state index in [0.717, 1.165) is 13.0 Å². The molecule has 1 aliphatic rings. The lowest BCUT2D eigenvalue weighted by Gasteiger charge is -2.20. The van der Waals surface area contributed by atoms with Gasteiger partial charge in [0.2, 0.25) is 0 Å². The molecule has 1 amide bonds. The molecular formula is C10H18N2O3S. The smallest absolute Gasteiger partial charge is 0.413 e. The highest BCUT2D eigenvalue weighted by Gasteiger charge is 2.19. The van der Waals surface area contributed by atoms with E-state index in [1.807, 2.05) is 0 Å². The summed E-state index contributed by atoms with van der Waals surface area (Å²) >= 11 is 4.98. The van der Waals surface area contributed by atoms with Crippen molar-refractivity contribution < 1.29 is 14.3 Å². The maximum Gasteiger partial charge on any atom is 0.413 e. The van der Waals surface area contributed by atoms with Crippen molar-refractivity contribution in [3.8, 4) is 0 Å². The average Bonchev–Trinajstić information content (AvgIpc) is 2.51. The lowest BCUT2D eigenvalue weighted by molar-refractivity contribution is 0.0562. The number of carbonyl (C=O) groups excluding carboxylic acids is 1. The molecule has 0 aromatic carbocycles. The molecule has 0 aromatic heterocycles. The maximum atomic E-state index is 11.4. The molecule has 1 aliphatic heterocycles. The Kier molecular flexibility index (Phi) is 4.49. The normalized spacial score (nSPS) is 20.3. The monoisotopic (exact) mass is 246 g/mol. The molecule has 1 atom stereocenters. The van der Waals surface area contributed by atoms with Gasteiger partial charge in [-0.25, -0.2) is 4.79 Å². The lowest BCUT2D eigenvalue weighted by atomic mass is 10.2. The molecule has 0 radical (unpaired) electrons. The van der Waals surface area contributed by atoms with Crippen LogP contribution in [0.1, 0.15) is 27.2 Å². The van der Waals surface area contributed by atoms with Crippen LogP contribution in [0, 0.1) is 0 Å². The summed E-state index contributed by atoms with van der Waals surface area (Å²) in [6, 6.07) is 0.183. The van der Waals surface area contributed by atoms with Gasteiger partial charge < -0.3 is 14.8 Å². The van der Waals surface area contributed by atoms with Crippen LogP contribution in [0.3, 0.4) is 0 Å². The molecule has 1 heterocycles. The number of hydrogen-bond donors (Lipinski definition) is 2. The van der Waals surface area contributed by atoms with Gasteiger partial charge in [-0.2, -0.15) is 0 Å². The van der Waals surface area contributed by atoms with Crippen molar-refractivity contribution in [2.45, 2.75) is 38.8 Å². The number of thiocarbonyl (C=S) groups is 1. The third-order valence-electron chi connectivity index (χ3n) is 1.88. The van der Waals surface area contributed by atoms with Crippen molar-refractivity contribution >= 4 is 23.4 Å². The highest BCUT2D eigenvalue weighted by Crippen LogP contribution is 2.06. The quantitative estimate of drug-likeness (QED) is 0.680. The third kappa shape index (κ3) is 5.27. The molecule has 0 spiro atoms. The summed E-state index contributed by atoms with van der Waals surface area (Å²) in [5.41, 5.74) is -0.518. The van der Waals surface area contributed by atoms with Gasteiger partial charge in [-0.1, -0.05) is 0 Å². The first kappa shape index (κ1) is 13.2. The van der Waals surface area contributed by atoms with Crippen molar-refractivity contribution in [2.75, 3.05) is 13.2 Å². The third-order valence-corrected chi connectivity index (χ3v) is 2.10. The predicted octanol–water partition coefficient (Wildman–Crippen LogP) is 1.17. The molecule has 1 unspecified atom stereocenters. The number of carbonyl (C=O) groups is 1. The fraction of sp³-hybridized carbons (Fsp3) is 0.800. The second-order valence-electron chi connectivity index (χ2n) is 4.66. The Labute approximate surface area is 101 Å². The summed E-state index contributed by atoms with van der Waals surface area (Å²) in [5, 5.41) is 5.74. The van der Waals surface area contributed by atoms with Crippen LogP contribution in [0.4, 0.5) is 4.79 Å². The van der Waals surface area contributed by atoms with Crippen LogP contribution in [0.15, 0.2) is 0 Å². The summed E-state index contributed by atoms with van der Waals surface area (Å²) in [5.74, 6) is 0. The van der Waals surface area contributed by atoms with Crippen LogP contribution in [0.5, 0.6) is 0 Å². The SMILES string of the molecule is CC(C)(C)OC(=O)NC(=S)NC1CCOC1. The number of nitrogens with one attached hydrogen (secondary N) is 2. The Morgan fingerprint density at radius 3 is 2.69 bits per heavy atom. The fourth-order valence-electron chi connectivity index (χ4n) is 1.27. The summed E-state index contributed by atoms with van der Waals surface area (Å²) in [6.07, 6.45) is 0.361. The van der Waals surface area contributed by atoms with Gasteiger partial charge in [-0.05, 0) is 39.4 Å². The molecule has 1 saturated heterocycles. The van der Waals surface area contributed by atoms with E-state index in [1.165, 1.54) is 0 Å². The predicted molar refractivity (Wildman–Crippen MR) is 64.3 cm³/mol. The average molecular weight is 246 g/mol. The van der Waals surface area contributed by atoms with E-state index in [9.17, 15) is 4.79 Å². The first-order valence-corrected chi connectivity index (χ1v) is 5.66. The van der Waals surface area contributed by atoms with Crippen LogP contribution < -0.4 is 10.6 Å². The zero-order valence-corrected chi connectivity index (χ0v) is 10.6. The van der Waals surface area contributed by atoms with Gasteiger partial charge in [0.1, 0.15) is 5.60 Å². The Morgan fingerprint density at radius 1 is 1.50 bits per heavy atom. The molecule has 1 fully saturated rings. The van der Waals surface area contributed by atoms with E-state index in [0.29, 0.717) is 6.61 Å². The first-order chi connectivity index (χ1) is 7.37. The van der Waals surface area contributed by atoms with Crippen LogP contribution in [-0.4, -0.2) is 36.1 Å². The summed E-state index contributed by atoms with van der Waals surface area (Å²) < 4.78 is 10.2. The van der Waals surface area contributed by atoms with E-state index >= 15 is 0 Å². The van der Waals surface area contributed by atoms with Crippen LogP contribution in [-0.2, 0) is 9.47 Å². The Bertz CT molecular complexity index is 270. The molecule has 0 bridgehead atoms. The standard InChI is InChI=1S/C10H18N2O3S/c1-10(2,3)15-9(13)12-8(16)11-7-4-5-14-6-7/h7H,4-6H2,1-3H3,(H2,11,12,13,16). The van der Waals surface area contributed by atoms with Gasteiger partial charge in [-0.15, -0.1) is 0 Å². The van der Waals surface area contributed by atoms with E-state index in [1.54, 1.807) is 20.8 Å². The van der Waals surface area contributed by atoms with Gasteiger partial charge in [-0.3, -0.25) is 5.32 Å². The fourth-order valence-corrected chi connectivity index (χ4v) is 1.52. The zero-order valence-electron chi connectivity index (χ0n) is 9.83. The second-order valence-corrected chi connectivity index (χ2v) is 5.07. The molecule has 0 saturated carbocycles. The second kappa shape index (κ2) is 5.45. The van der Waals surface area contributed by atoms with Gasteiger partial charge >= 0.3 is 6.09 Å². The number of rotatable bonds is 1. The van der Waals surface area contributed by atoms with Crippen LogP contribution in [0.2, 0.25) is 0 Å². The molecule has 6 heteroatoms. The van der Waals surface area contributed by atoms with Crippen molar-refractivity contribution in [3.63, 3.8) is 0 Å². The molecule has 0 aromatic rings. The van der Waals surface area contributed by atoms with Gasteiger partial charge in [0.25, 0.3) is 0 Å². The molecule has 92 valence electrons. The van der Waals surface area contributed by atoms with Gasteiger partial charge in [0, 0.05) is 6.61 Å². The lowest BCUT2D eigenvalue weighted by Crippen LogP contribution is -2.46. The minimum atomic E-state index is -0.538. The first-order valence-electron chi connectivity index (χ1n) is 5.25. The zero-order chi connectivity index (χ0) is 12.2. The number of amides is 1. The number of ether oxygens (including phenoxy) is 2. The molecule has 5 nitrogen and oxygen atoms in total. The highest BCUT2D eigenvalue weighted by molar-refractivity contribution is 7.80. The van der Waals surface area contributed by atoms with E-state index in [2.05, 4.69) is 10.6 Å². The van der Waals surface area contributed by atoms with Crippen molar-refractivity contribution in [2.24, 2.45) is 0 Å². The van der Waals surface area contributed by atoms with Crippen molar-refractivity contribution in [3.05, 3.63) is 0 Å². The molecule has 16 heavy (non-hydrogen) atoms. The summed E-state index contributed by atoms with van der Waals surface area (Å²) in [6.45, 7) is 6.75. The van der Waals surface area contributed by atoms with E-state index < -0.39 is 11.7 Å². The van der Waals surface area contributed by atoms with Crippen LogP contribution in [0.25, 0.3) is 0 Å². The molecule has 0 aliphatic carbocycles. The minimum absolute atomic E-state index is 0.183. The van der Waals surface area contributed by atoms with Gasteiger partial charge in [0.15, 0.2) is 5.11 Å².